The van der Waals surface area contributed by atoms with Gasteiger partial charge >= 0.3 is 0 Å². The second-order valence-corrected chi connectivity index (χ2v) is 5.64. The molecule has 2 N–H and O–H groups in total. The molecule has 1 aliphatic rings. The molecule has 1 saturated carbocycles. The summed E-state index contributed by atoms with van der Waals surface area (Å²) in [5, 5.41) is 0. The minimum Gasteiger partial charge on any atom is -0.330 e. The van der Waals surface area contributed by atoms with Crippen molar-refractivity contribution >= 4 is 11.8 Å². The molecule has 0 atom stereocenters. The average Bonchev–Trinajstić information content (AvgIpc) is 2.24. The van der Waals surface area contributed by atoms with Crippen molar-refractivity contribution in [3.05, 3.63) is 30.3 Å². The number of hydrogen-bond acceptors (Lipinski definition) is 2. The molecule has 0 heterocycles. The van der Waals surface area contributed by atoms with Crippen molar-refractivity contribution < 1.29 is 0 Å². The standard InChI is InChI=1S/C13H19NS/c14-11-13(7-4-8-13)9-10-15-12-5-2-1-3-6-12/h1-3,5-6H,4,7-11,14H2. The lowest BCUT2D eigenvalue weighted by Crippen LogP contribution is -2.37. The highest BCUT2D eigenvalue weighted by Crippen LogP contribution is 2.43. The number of benzene rings is 1. The third kappa shape index (κ3) is 2.76. The van der Waals surface area contributed by atoms with Crippen molar-refractivity contribution in [1.82, 2.24) is 0 Å². The van der Waals surface area contributed by atoms with Crippen LogP contribution in [0.25, 0.3) is 0 Å². The molecule has 1 aliphatic carbocycles. The Morgan fingerprint density at radius 2 is 1.93 bits per heavy atom. The van der Waals surface area contributed by atoms with E-state index >= 15 is 0 Å². The van der Waals surface area contributed by atoms with Gasteiger partial charge in [0.1, 0.15) is 0 Å². The maximum absolute atomic E-state index is 5.84. The summed E-state index contributed by atoms with van der Waals surface area (Å²) >= 11 is 1.96. The molecule has 0 aromatic heterocycles. The van der Waals surface area contributed by atoms with Gasteiger partial charge in [-0.1, -0.05) is 24.6 Å². The maximum Gasteiger partial charge on any atom is 0.00719 e. The summed E-state index contributed by atoms with van der Waals surface area (Å²) in [6, 6.07) is 10.6. The summed E-state index contributed by atoms with van der Waals surface area (Å²) in [6.45, 7) is 0.877. The van der Waals surface area contributed by atoms with Crippen LogP contribution in [-0.4, -0.2) is 12.3 Å². The highest BCUT2D eigenvalue weighted by molar-refractivity contribution is 7.99. The molecular formula is C13H19NS. The number of nitrogens with two attached hydrogens (primary N) is 1. The zero-order chi connectivity index (χ0) is 10.6. The number of hydrogen-bond donors (Lipinski definition) is 1. The summed E-state index contributed by atoms with van der Waals surface area (Å²) in [7, 11) is 0. The van der Waals surface area contributed by atoms with Gasteiger partial charge < -0.3 is 5.73 Å². The molecule has 0 saturated heterocycles. The van der Waals surface area contributed by atoms with Crippen LogP contribution in [0.15, 0.2) is 35.2 Å². The zero-order valence-electron chi connectivity index (χ0n) is 9.11. The number of rotatable bonds is 5. The molecule has 1 nitrogen and oxygen atoms in total. The topological polar surface area (TPSA) is 26.0 Å². The first-order valence-corrected chi connectivity index (χ1v) is 6.71. The SMILES string of the molecule is NCC1(CCSc2ccccc2)CCC1. The first kappa shape index (κ1) is 11.0. The van der Waals surface area contributed by atoms with E-state index in [0.717, 1.165) is 6.54 Å². The van der Waals surface area contributed by atoms with Crippen LogP contribution in [0, 0.1) is 5.41 Å². The van der Waals surface area contributed by atoms with Crippen molar-refractivity contribution in [2.24, 2.45) is 11.1 Å². The van der Waals surface area contributed by atoms with E-state index in [4.69, 9.17) is 5.73 Å². The molecule has 0 spiro atoms. The molecule has 1 fully saturated rings. The molecule has 15 heavy (non-hydrogen) atoms. The molecule has 82 valence electrons. The van der Waals surface area contributed by atoms with Crippen LogP contribution in [0.1, 0.15) is 25.7 Å². The molecular weight excluding hydrogens is 202 g/mol. The molecule has 0 bridgehead atoms. The van der Waals surface area contributed by atoms with Gasteiger partial charge in [-0.25, -0.2) is 0 Å². The van der Waals surface area contributed by atoms with Gasteiger partial charge in [0.05, 0.1) is 0 Å². The highest BCUT2D eigenvalue weighted by Gasteiger charge is 2.34. The Balaban J connectivity index is 1.75. The smallest absolute Gasteiger partial charge is 0.00719 e. The van der Waals surface area contributed by atoms with Crippen LogP contribution in [0.2, 0.25) is 0 Å². The minimum absolute atomic E-state index is 0.502. The molecule has 0 radical (unpaired) electrons. The van der Waals surface area contributed by atoms with E-state index in [-0.39, 0.29) is 0 Å². The molecule has 2 heteroatoms. The fraction of sp³-hybridized carbons (Fsp3) is 0.538. The molecule has 0 aliphatic heterocycles. The monoisotopic (exact) mass is 221 g/mol. The van der Waals surface area contributed by atoms with E-state index in [1.54, 1.807) is 0 Å². The molecule has 0 amide bonds. The molecule has 1 aromatic rings. The van der Waals surface area contributed by atoms with Crippen molar-refractivity contribution in [3.63, 3.8) is 0 Å². The first-order chi connectivity index (χ1) is 7.35. The van der Waals surface area contributed by atoms with Gasteiger partial charge in [-0.05, 0) is 49.1 Å². The van der Waals surface area contributed by atoms with Gasteiger partial charge in [0, 0.05) is 4.90 Å². The predicted octanol–water partition coefficient (Wildman–Crippen LogP) is 3.30. The molecule has 2 rings (SSSR count). The van der Waals surface area contributed by atoms with Crippen LogP contribution in [0.5, 0.6) is 0 Å². The van der Waals surface area contributed by atoms with Crippen LogP contribution in [-0.2, 0) is 0 Å². The normalized spacial score (nSPS) is 18.5. The highest BCUT2D eigenvalue weighted by atomic mass is 32.2. The Kier molecular flexibility index (Phi) is 3.71. The predicted molar refractivity (Wildman–Crippen MR) is 67.1 cm³/mol. The maximum atomic E-state index is 5.84. The Bertz CT molecular complexity index is 287. The molecule has 1 aromatic carbocycles. The zero-order valence-corrected chi connectivity index (χ0v) is 9.93. The summed E-state index contributed by atoms with van der Waals surface area (Å²) in [4.78, 5) is 1.38. The van der Waals surface area contributed by atoms with Gasteiger partial charge in [-0.15, -0.1) is 11.8 Å². The van der Waals surface area contributed by atoms with E-state index < -0.39 is 0 Å². The van der Waals surface area contributed by atoms with Gasteiger partial charge in [-0.2, -0.15) is 0 Å². The van der Waals surface area contributed by atoms with Crippen molar-refractivity contribution in [2.75, 3.05) is 12.3 Å². The third-order valence-corrected chi connectivity index (χ3v) is 4.51. The van der Waals surface area contributed by atoms with Gasteiger partial charge in [0.2, 0.25) is 0 Å². The van der Waals surface area contributed by atoms with Crippen molar-refractivity contribution in [2.45, 2.75) is 30.6 Å². The summed E-state index contributed by atoms with van der Waals surface area (Å²) in [5.41, 5.74) is 6.34. The van der Waals surface area contributed by atoms with E-state index in [0.29, 0.717) is 5.41 Å². The first-order valence-electron chi connectivity index (χ1n) is 5.73. The summed E-state index contributed by atoms with van der Waals surface area (Å²) in [6.07, 6.45) is 5.36. The van der Waals surface area contributed by atoms with Gasteiger partial charge in [0.15, 0.2) is 0 Å². The Labute approximate surface area is 96.4 Å². The Morgan fingerprint density at radius 1 is 1.20 bits per heavy atom. The second kappa shape index (κ2) is 5.04. The second-order valence-electron chi connectivity index (χ2n) is 4.47. The Morgan fingerprint density at radius 3 is 2.47 bits per heavy atom. The summed E-state index contributed by atoms with van der Waals surface area (Å²) < 4.78 is 0. The largest absolute Gasteiger partial charge is 0.330 e. The van der Waals surface area contributed by atoms with Crippen LogP contribution in [0.4, 0.5) is 0 Å². The average molecular weight is 221 g/mol. The van der Waals surface area contributed by atoms with Crippen molar-refractivity contribution in [1.29, 1.82) is 0 Å². The van der Waals surface area contributed by atoms with Crippen molar-refractivity contribution in [3.8, 4) is 0 Å². The summed E-state index contributed by atoms with van der Waals surface area (Å²) in [5.74, 6) is 1.21. The van der Waals surface area contributed by atoms with E-state index in [1.165, 1.54) is 36.3 Å². The van der Waals surface area contributed by atoms with E-state index in [2.05, 4.69) is 30.3 Å². The lowest BCUT2D eigenvalue weighted by atomic mass is 9.67. The van der Waals surface area contributed by atoms with Gasteiger partial charge in [-0.3, -0.25) is 0 Å². The fourth-order valence-corrected chi connectivity index (χ4v) is 3.26. The van der Waals surface area contributed by atoms with E-state index in [9.17, 15) is 0 Å². The van der Waals surface area contributed by atoms with Crippen LogP contribution >= 0.6 is 11.8 Å². The van der Waals surface area contributed by atoms with E-state index in [1.807, 2.05) is 11.8 Å². The third-order valence-electron chi connectivity index (χ3n) is 3.49. The number of thioether (sulfide) groups is 1. The minimum atomic E-state index is 0.502. The van der Waals surface area contributed by atoms with Gasteiger partial charge in [0.25, 0.3) is 0 Å². The fourth-order valence-electron chi connectivity index (χ4n) is 2.14. The van der Waals surface area contributed by atoms with Crippen LogP contribution < -0.4 is 5.73 Å². The Hall–Kier alpha value is -0.470. The quantitative estimate of drug-likeness (QED) is 0.772. The lowest BCUT2D eigenvalue weighted by molar-refractivity contribution is 0.140. The molecule has 0 unspecified atom stereocenters. The van der Waals surface area contributed by atoms with Crippen LogP contribution in [0.3, 0.4) is 0 Å². The lowest BCUT2D eigenvalue weighted by Gasteiger charge is -2.41.